The zero-order valence-corrected chi connectivity index (χ0v) is 10.6. The number of nitrogens with one attached hydrogen (secondary N) is 1. The van der Waals surface area contributed by atoms with Gasteiger partial charge in [0.2, 0.25) is 0 Å². The van der Waals surface area contributed by atoms with Gasteiger partial charge in [-0.1, -0.05) is 6.92 Å². The first-order valence-electron chi connectivity index (χ1n) is 5.32. The average molecular weight is 258 g/mol. The highest BCUT2D eigenvalue weighted by atomic mass is 35.5. The van der Waals surface area contributed by atoms with E-state index in [4.69, 9.17) is 16.7 Å². The lowest BCUT2D eigenvalue weighted by atomic mass is 10.0. The van der Waals surface area contributed by atoms with Gasteiger partial charge >= 0.3 is 0 Å². The van der Waals surface area contributed by atoms with Crippen LogP contribution in [0.4, 0.5) is 0 Å². The fourth-order valence-electron chi connectivity index (χ4n) is 1.27. The molecular formula is C12H16ClNO3. The van der Waals surface area contributed by atoms with Gasteiger partial charge in [-0.25, -0.2) is 0 Å². The van der Waals surface area contributed by atoms with Gasteiger partial charge in [-0.3, -0.25) is 4.79 Å². The van der Waals surface area contributed by atoms with Crippen LogP contribution in [0.15, 0.2) is 18.2 Å². The van der Waals surface area contributed by atoms with Crippen molar-refractivity contribution in [1.82, 2.24) is 5.32 Å². The minimum Gasteiger partial charge on any atom is -0.508 e. The van der Waals surface area contributed by atoms with Crippen LogP contribution in [0.2, 0.25) is 0 Å². The third-order valence-corrected chi connectivity index (χ3v) is 3.31. The predicted molar refractivity (Wildman–Crippen MR) is 66.7 cm³/mol. The standard InChI is InChI=1S/C12H16ClNO3/c1-3-12(2,7-13)14-11(17)9-5-4-8(15)6-10(9)16/h4-6,15-16H,3,7H2,1-2H3,(H,14,17). The Morgan fingerprint density at radius 1 is 1.47 bits per heavy atom. The molecule has 0 aliphatic rings. The van der Waals surface area contributed by atoms with Crippen LogP contribution in [-0.2, 0) is 0 Å². The first kappa shape index (κ1) is 13.6. The summed E-state index contributed by atoms with van der Waals surface area (Å²) in [6, 6.07) is 3.84. The maximum Gasteiger partial charge on any atom is 0.255 e. The maximum absolute atomic E-state index is 11.9. The lowest BCUT2D eigenvalue weighted by Crippen LogP contribution is -2.47. The van der Waals surface area contributed by atoms with E-state index < -0.39 is 11.4 Å². The number of rotatable bonds is 4. The number of alkyl halides is 1. The molecule has 1 unspecified atom stereocenters. The fourth-order valence-corrected chi connectivity index (χ4v) is 1.53. The van der Waals surface area contributed by atoms with Gasteiger partial charge in [-0.15, -0.1) is 11.6 Å². The Labute approximate surface area is 105 Å². The Bertz CT molecular complexity index is 416. The molecule has 3 N–H and O–H groups in total. The largest absolute Gasteiger partial charge is 0.508 e. The van der Waals surface area contributed by atoms with Crippen molar-refractivity contribution < 1.29 is 15.0 Å². The van der Waals surface area contributed by atoms with Crippen LogP contribution in [0.5, 0.6) is 11.5 Å². The van der Waals surface area contributed by atoms with Crippen molar-refractivity contribution in [2.75, 3.05) is 5.88 Å². The van der Waals surface area contributed by atoms with E-state index in [1.54, 1.807) is 0 Å². The summed E-state index contributed by atoms with van der Waals surface area (Å²) in [4.78, 5) is 11.9. The molecule has 0 heterocycles. The zero-order valence-electron chi connectivity index (χ0n) is 9.83. The van der Waals surface area contributed by atoms with Crippen LogP contribution in [0.1, 0.15) is 30.6 Å². The molecule has 94 valence electrons. The summed E-state index contributed by atoms with van der Waals surface area (Å²) in [6.45, 7) is 3.74. The molecule has 0 saturated heterocycles. The summed E-state index contributed by atoms with van der Waals surface area (Å²) in [5, 5.41) is 21.4. The van der Waals surface area contributed by atoms with Crippen molar-refractivity contribution in [3.63, 3.8) is 0 Å². The molecule has 0 saturated carbocycles. The number of carbonyl (C=O) groups is 1. The molecule has 1 amide bonds. The molecule has 0 spiro atoms. The average Bonchev–Trinajstić information content (AvgIpc) is 2.28. The Kier molecular flexibility index (Phi) is 4.23. The quantitative estimate of drug-likeness (QED) is 0.725. The van der Waals surface area contributed by atoms with E-state index in [-0.39, 0.29) is 22.9 Å². The highest BCUT2D eigenvalue weighted by Gasteiger charge is 2.24. The topological polar surface area (TPSA) is 69.6 Å². The van der Waals surface area contributed by atoms with Crippen LogP contribution in [0.25, 0.3) is 0 Å². The van der Waals surface area contributed by atoms with Gasteiger partial charge in [0.15, 0.2) is 0 Å². The van der Waals surface area contributed by atoms with Gasteiger partial charge in [-0.05, 0) is 25.5 Å². The predicted octanol–water partition coefficient (Wildman–Crippen LogP) is 2.24. The monoisotopic (exact) mass is 257 g/mol. The molecule has 0 aromatic heterocycles. The lowest BCUT2D eigenvalue weighted by Gasteiger charge is -2.27. The Hall–Kier alpha value is -1.42. The number of aromatic hydroxyl groups is 2. The molecule has 1 atom stereocenters. The van der Waals surface area contributed by atoms with Crippen molar-refractivity contribution in [2.45, 2.75) is 25.8 Å². The highest BCUT2D eigenvalue weighted by Crippen LogP contribution is 2.23. The van der Waals surface area contributed by atoms with Crippen LogP contribution in [0, 0.1) is 0 Å². The van der Waals surface area contributed by atoms with Crippen molar-refractivity contribution in [3.8, 4) is 11.5 Å². The Morgan fingerprint density at radius 3 is 2.59 bits per heavy atom. The van der Waals surface area contributed by atoms with E-state index in [9.17, 15) is 9.90 Å². The normalized spacial score (nSPS) is 14.1. The van der Waals surface area contributed by atoms with E-state index in [1.165, 1.54) is 12.1 Å². The van der Waals surface area contributed by atoms with Gasteiger partial charge in [0, 0.05) is 11.9 Å². The second-order valence-corrected chi connectivity index (χ2v) is 4.47. The lowest BCUT2D eigenvalue weighted by molar-refractivity contribution is 0.0909. The van der Waals surface area contributed by atoms with Crippen molar-refractivity contribution in [2.24, 2.45) is 0 Å². The number of hydrogen-bond donors (Lipinski definition) is 3. The molecule has 0 radical (unpaired) electrons. The third kappa shape index (κ3) is 3.27. The summed E-state index contributed by atoms with van der Waals surface area (Å²) >= 11 is 5.79. The van der Waals surface area contributed by atoms with E-state index in [0.29, 0.717) is 6.42 Å². The second kappa shape index (κ2) is 5.27. The van der Waals surface area contributed by atoms with E-state index in [1.807, 2.05) is 13.8 Å². The summed E-state index contributed by atoms with van der Waals surface area (Å²) < 4.78 is 0. The van der Waals surface area contributed by atoms with Gasteiger partial charge in [0.05, 0.1) is 11.1 Å². The zero-order chi connectivity index (χ0) is 13.1. The number of hydrogen-bond acceptors (Lipinski definition) is 3. The minimum atomic E-state index is -0.511. The number of benzene rings is 1. The van der Waals surface area contributed by atoms with E-state index >= 15 is 0 Å². The smallest absolute Gasteiger partial charge is 0.255 e. The number of carbonyl (C=O) groups excluding carboxylic acids is 1. The molecule has 0 aliphatic carbocycles. The Balaban J connectivity index is 2.90. The maximum atomic E-state index is 11.9. The van der Waals surface area contributed by atoms with Gasteiger partial charge in [0.1, 0.15) is 11.5 Å². The Morgan fingerprint density at radius 2 is 2.12 bits per heavy atom. The fraction of sp³-hybridized carbons (Fsp3) is 0.417. The molecular weight excluding hydrogens is 242 g/mol. The summed E-state index contributed by atoms with van der Waals surface area (Å²) in [6.07, 6.45) is 0.682. The molecule has 5 heteroatoms. The second-order valence-electron chi connectivity index (χ2n) is 4.20. The number of amides is 1. The number of halogens is 1. The summed E-state index contributed by atoms with van der Waals surface area (Å²) in [5.41, 5.74) is -0.393. The number of phenols is 2. The van der Waals surface area contributed by atoms with Crippen molar-refractivity contribution in [1.29, 1.82) is 0 Å². The van der Waals surface area contributed by atoms with E-state index in [2.05, 4.69) is 5.32 Å². The summed E-state index contributed by atoms with van der Waals surface area (Å²) in [7, 11) is 0. The van der Waals surface area contributed by atoms with Crippen LogP contribution >= 0.6 is 11.6 Å². The molecule has 1 rings (SSSR count). The molecule has 0 aliphatic heterocycles. The highest BCUT2D eigenvalue weighted by molar-refractivity contribution is 6.18. The minimum absolute atomic E-state index is 0.0883. The molecule has 1 aromatic rings. The van der Waals surface area contributed by atoms with Crippen LogP contribution in [0.3, 0.4) is 0 Å². The molecule has 17 heavy (non-hydrogen) atoms. The first-order chi connectivity index (χ1) is 7.91. The van der Waals surface area contributed by atoms with E-state index in [0.717, 1.165) is 6.07 Å². The van der Waals surface area contributed by atoms with Crippen molar-refractivity contribution >= 4 is 17.5 Å². The van der Waals surface area contributed by atoms with Crippen LogP contribution < -0.4 is 5.32 Å². The van der Waals surface area contributed by atoms with Crippen molar-refractivity contribution in [3.05, 3.63) is 23.8 Å². The molecule has 1 aromatic carbocycles. The van der Waals surface area contributed by atoms with Gasteiger partial charge < -0.3 is 15.5 Å². The molecule has 0 bridgehead atoms. The first-order valence-corrected chi connectivity index (χ1v) is 5.86. The molecule has 0 fully saturated rings. The SMILES string of the molecule is CCC(C)(CCl)NC(=O)c1ccc(O)cc1O. The van der Waals surface area contributed by atoms with Gasteiger partial charge in [0.25, 0.3) is 5.91 Å². The number of phenolic OH excluding ortho intramolecular Hbond substituents is 2. The van der Waals surface area contributed by atoms with Crippen LogP contribution in [-0.4, -0.2) is 27.5 Å². The third-order valence-electron chi connectivity index (χ3n) is 2.72. The molecule has 4 nitrogen and oxygen atoms in total. The van der Waals surface area contributed by atoms with Gasteiger partial charge in [-0.2, -0.15) is 0 Å². The summed E-state index contributed by atoms with van der Waals surface area (Å²) in [5.74, 6) is -0.466.